The monoisotopic (exact) mass is 630 g/mol. The fraction of sp³-hybridized carbons (Fsp3) is 0.442. The Kier molecular flexibility index (Phi) is 8.93. The molecular weight excluding hydrogens is 580 g/mol. The maximum atomic E-state index is 6.59. The standard InChI is InChI=1S/C43H50O4/c1-7-31(33-21-44-22-33)25-46-41-19-17-37(27(3)29(41)5)43(39-15-11-9-13-35(39)36-14-10-12-16-40(36)43)38-18-20-42(30(6)28(38)4)47-26-32(8-2)34-23-45-24-34/h9-20,31-34H,7-8,21-26H2,1-6H3. The quantitative estimate of drug-likeness (QED) is 0.138. The summed E-state index contributed by atoms with van der Waals surface area (Å²) in [7, 11) is 0. The molecule has 3 aliphatic rings. The lowest BCUT2D eigenvalue weighted by Gasteiger charge is -2.38. The highest BCUT2D eigenvalue weighted by Crippen LogP contribution is 2.58. The van der Waals surface area contributed by atoms with Gasteiger partial charge in [-0.25, -0.2) is 0 Å². The van der Waals surface area contributed by atoms with Gasteiger partial charge in [-0.15, -0.1) is 0 Å². The molecule has 2 fully saturated rings. The molecule has 7 rings (SSSR count). The van der Waals surface area contributed by atoms with E-state index in [1.807, 2.05) is 0 Å². The van der Waals surface area contributed by atoms with Crippen molar-refractivity contribution in [2.75, 3.05) is 39.6 Å². The fourth-order valence-electron chi connectivity index (χ4n) is 8.30. The van der Waals surface area contributed by atoms with Crippen molar-refractivity contribution in [1.82, 2.24) is 0 Å². The molecule has 2 unspecified atom stereocenters. The summed E-state index contributed by atoms with van der Waals surface area (Å²) in [6.07, 6.45) is 2.21. The molecule has 2 atom stereocenters. The van der Waals surface area contributed by atoms with Crippen molar-refractivity contribution in [3.63, 3.8) is 0 Å². The van der Waals surface area contributed by atoms with Gasteiger partial charge in [-0.2, -0.15) is 0 Å². The van der Waals surface area contributed by atoms with E-state index in [4.69, 9.17) is 18.9 Å². The normalized spacial score (nSPS) is 18.1. The minimum atomic E-state index is -0.474. The second kappa shape index (κ2) is 13.1. The van der Waals surface area contributed by atoms with Crippen molar-refractivity contribution in [1.29, 1.82) is 0 Å². The lowest BCUT2D eigenvalue weighted by Crippen LogP contribution is -2.37. The van der Waals surface area contributed by atoms with Gasteiger partial charge in [0, 0.05) is 11.8 Å². The van der Waals surface area contributed by atoms with E-state index in [-0.39, 0.29) is 0 Å². The molecule has 0 bridgehead atoms. The van der Waals surface area contributed by atoms with Crippen molar-refractivity contribution in [2.24, 2.45) is 23.7 Å². The van der Waals surface area contributed by atoms with Crippen LogP contribution < -0.4 is 9.47 Å². The van der Waals surface area contributed by atoms with Crippen LogP contribution in [0.15, 0.2) is 72.8 Å². The van der Waals surface area contributed by atoms with Gasteiger partial charge >= 0.3 is 0 Å². The summed E-state index contributed by atoms with van der Waals surface area (Å²) < 4.78 is 24.2. The molecule has 0 radical (unpaired) electrons. The van der Waals surface area contributed by atoms with Crippen LogP contribution in [0, 0.1) is 51.4 Å². The molecule has 2 aliphatic heterocycles. The largest absolute Gasteiger partial charge is 0.493 e. The van der Waals surface area contributed by atoms with Gasteiger partial charge in [0.2, 0.25) is 0 Å². The van der Waals surface area contributed by atoms with E-state index < -0.39 is 5.41 Å². The minimum Gasteiger partial charge on any atom is -0.493 e. The van der Waals surface area contributed by atoms with Gasteiger partial charge < -0.3 is 18.9 Å². The zero-order chi connectivity index (χ0) is 32.7. The Morgan fingerprint density at radius 1 is 0.553 bits per heavy atom. The van der Waals surface area contributed by atoms with Gasteiger partial charge in [0.25, 0.3) is 0 Å². The highest BCUT2D eigenvalue weighted by Gasteiger charge is 2.48. The van der Waals surface area contributed by atoms with E-state index in [2.05, 4.69) is 114 Å². The summed E-state index contributed by atoms with van der Waals surface area (Å²) in [5, 5.41) is 0. The van der Waals surface area contributed by atoms with Crippen LogP contribution in [0.25, 0.3) is 11.1 Å². The molecule has 246 valence electrons. The Bertz CT molecular complexity index is 1620. The second-order valence-electron chi connectivity index (χ2n) is 14.1. The maximum Gasteiger partial charge on any atom is 0.122 e. The molecule has 47 heavy (non-hydrogen) atoms. The van der Waals surface area contributed by atoms with Gasteiger partial charge in [-0.05, 0) is 120 Å². The van der Waals surface area contributed by atoms with Crippen LogP contribution in [0.1, 0.15) is 71.2 Å². The van der Waals surface area contributed by atoms with Gasteiger partial charge in [0.1, 0.15) is 11.5 Å². The van der Waals surface area contributed by atoms with Crippen LogP contribution in [0.5, 0.6) is 11.5 Å². The zero-order valence-electron chi connectivity index (χ0n) is 29.0. The Morgan fingerprint density at radius 2 is 0.957 bits per heavy atom. The SMILES string of the molecule is CCC(COc1ccc(C2(c3ccc(OCC(CC)C4COC4)c(C)c3C)c3ccccc3-c3ccccc32)c(C)c1C)C1COC1. The molecule has 0 N–H and O–H groups in total. The minimum absolute atomic E-state index is 0.474. The molecule has 1 aliphatic carbocycles. The first-order valence-corrected chi connectivity index (χ1v) is 17.7. The molecule has 4 aromatic carbocycles. The van der Waals surface area contributed by atoms with E-state index >= 15 is 0 Å². The van der Waals surface area contributed by atoms with Crippen molar-refractivity contribution >= 4 is 0 Å². The first-order chi connectivity index (χ1) is 22.9. The molecule has 0 aromatic heterocycles. The maximum absolute atomic E-state index is 6.59. The second-order valence-corrected chi connectivity index (χ2v) is 14.1. The van der Waals surface area contributed by atoms with E-state index in [0.717, 1.165) is 64.0 Å². The third-order valence-electron chi connectivity index (χ3n) is 11.9. The molecule has 4 nitrogen and oxygen atoms in total. The van der Waals surface area contributed by atoms with E-state index in [1.165, 1.54) is 55.6 Å². The summed E-state index contributed by atoms with van der Waals surface area (Å²) in [6, 6.07) is 27.1. The van der Waals surface area contributed by atoms with Crippen molar-refractivity contribution in [3.8, 4) is 22.6 Å². The van der Waals surface area contributed by atoms with Crippen LogP contribution in [0.4, 0.5) is 0 Å². The van der Waals surface area contributed by atoms with Crippen molar-refractivity contribution in [2.45, 2.75) is 59.8 Å². The lowest BCUT2D eigenvalue weighted by atomic mass is 9.64. The molecule has 4 aromatic rings. The average molecular weight is 631 g/mol. The number of hydrogen-bond acceptors (Lipinski definition) is 4. The molecule has 2 heterocycles. The predicted octanol–water partition coefficient (Wildman–Crippen LogP) is 9.39. The molecule has 0 saturated carbocycles. The first kappa shape index (κ1) is 32.0. The van der Waals surface area contributed by atoms with Crippen LogP contribution in [0.2, 0.25) is 0 Å². The summed E-state index contributed by atoms with van der Waals surface area (Å²) in [6.45, 7) is 18.5. The summed E-state index contributed by atoms with van der Waals surface area (Å²) in [5.74, 6) is 4.22. The number of fused-ring (bicyclic) bond motifs is 3. The number of rotatable bonds is 12. The van der Waals surface area contributed by atoms with Crippen LogP contribution in [-0.2, 0) is 14.9 Å². The molecule has 2 saturated heterocycles. The summed E-state index contributed by atoms with van der Waals surface area (Å²) >= 11 is 0. The highest BCUT2D eigenvalue weighted by atomic mass is 16.5. The summed E-state index contributed by atoms with van der Waals surface area (Å²) in [5.41, 5.74) is 12.4. The van der Waals surface area contributed by atoms with Crippen molar-refractivity contribution in [3.05, 3.63) is 117 Å². The van der Waals surface area contributed by atoms with Crippen molar-refractivity contribution < 1.29 is 18.9 Å². The predicted molar refractivity (Wildman–Crippen MR) is 190 cm³/mol. The molecule has 0 amide bonds. The molecule has 0 spiro atoms. The van der Waals surface area contributed by atoms with Gasteiger partial charge in [-0.1, -0.05) is 74.5 Å². The van der Waals surface area contributed by atoms with E-state index in [1.54, 1.807) is 0 Å². The Balaban J connectivity index is 1.34. The zero-order valence-corrected chi connectivity index (χ0v) is 29.0. The Morgan fingerprint density at radius 3 is 1.32 bits per heavy atom. The fourth-order valence-corrected chi connectivity index (χ4v) is 8.30. The van der Waals surface area contributed by atoms with Crippen LogP contribution >= 0.6 is 0 Å². The topological polar surface area (TPSA) is 36.9 Å². The average Bonchev–Trinajstić information content (AvgIpc) is 3.33. The molecular formula is C43H50O4. The molecule has 4 heteroatoms. The first-order valence-electron chi connectivity index (χ1n) is 17.7. The van der Waals surface area contributed by atoms with E-state index in [0.29, 0.717) is 23.7 Å². The lowest BCUT2D eigenvalue weighted by molar-refractivity contribution is -0.0694. The summed E-state index contributed by atoms with van der Waals surface area (Å²) in [4.78, 5) is 0. The Hall–Kier alpha value is -3.60. The highest BCUT2D eigenvalue weighted by molar-refractivity contribution is 5.87. The smallest absolute Gasteiger partial charge is 0.122 e. The van der Waals surface area contributed by atoms with Gasteiger partial charge in [0.15, 0.2) is 0 Å². The number of hydrogen-bond donors (Lipinski definition) is 0. The Labute approximate surface area is 281 Å². The number of benzene rings is 4. The third kappa shape index (κ3) is 5.29. The van der Waals surface area contributed by atoms with Gasteiger partial charge in [0.05, 0.1) is 45.1 Å². The van der Waals surface area contributed by atoms with E-state index in [9.17, 15) is 0 Å². The van der Waals surface area contributed by atoms with Gasteiger partial charge in [-0.3, -0.25) is 0 Å². The number of ether oxygens (including phenoxy) is 4. The van der Waals surface area contributed by atoms with Crippen LogP contribution in [-0.4, -0.2) is 39.6 Å². The van der Waals surface area contributed by atoms with Crippen LogP contribution in [0.3, 0.4) is 0 Å². The third-order valence-corrected chi connectivity index (χ3v) is 11.9.